The second-order valence-corrected chi connectivity index (χ2v) is 6.61. The topological polar surface area (TPSA) is 38.8 Å². The number of carbonyl (C=O) groups is 1. The van der Waals surface area contributed by atoms with Crippen molar-refractivity contribution >= 4 is 29.1 Å². The minimum absolute atomic E-state index is 0.000975. The van der Waals surface area contributed by atoms with Crippen molar-refractivity contribution in [1.29, 1.82) is 0 Å². The van der Waals surface area contributed by atoms with E-state index < -0.39 is 0 Å². The van der Waals surface area contributed by atoms with E-state index in [9.17, 15) is 4.79 Å². The van der Waals surface area contributed by atoms with Gasteiger partial charge in [0.15, 0.2) is 11.5 Å². The molecule has 0 fully saturated rings. The van der Waals surface area contributed by atoms with Crippen LogP contribution in [0.2, 0.25) is 10.0 Å². The number of hydrogen-bond acceptors (Lipinski definition) is 3. The molecule has 132 valence electrons. The smallest absolute Gasteiger partial charge is 0.227 e. The molecule has 1 heterocycles. The molecule has 2 aromatic carbocycles. The van der Waals surface area contributed by atoms with Gasteiger partial charge in [0, 0.05) is 28.7 Å². The summed E-state index contributed by atoms with van der Waals surface area (Å²) in [6, 6.07) is 10.9. The Morgan fingerprint density at radius 1 is 1.12 bits per heavy atom. The molecule has 0 spiro atoms. The van der Waals surface area contributed by atoms with Crippen molar-refractivity contribution in [1.82, 2.24) is 4.90 Å². The van der Waals surface area contributed by atoms with Crippen LogP contribution in [0.15, 0.2) is 36.4 Å². The highest BCUT2D eigenvalue weighted by molar-refractivity contribution is 6.35. The monoisotopic (exact) mass is 379 g/mol. The van der Waals surface area contributed by atoms with Gasteiger partial charge in [0.25, 0.3) is 0 Å². The maximum Gasteiger partial charge on any atom is 0.227 e. The van der Waals surface area contributed by atoms with E-state index in [1.165, 1.54) is 0 Å². The number of benzene rings is 2. The Balaban J connectivity index is 1.75. The Labute approximate surface area is 157 Å². The van der Waals surface area contributed by atoms with Crippen molar-refractivity contribution in [2.75, 3.05) is 19.8 Å². The number of rotatable bonds is 5. The van der Waals surface area contributed by atoms with Crippen molar-refractivity contribution in [3.05, 3.63) is 57.6 Å². The molecule has 0 N–H and O–H groups in total. The van der Waals surface area contributed by atoms with Gasteiger partial charge >= 0.3 is 0 Å². The average Bonchev–Trinajstić information content (AvgIpc) is 2.62. The van der Waals surface area contributed by atoms with Crippen LogP contribution < -0.4 is 9.47 Å². The van der Waals surface area contributed by atoms with Crippen molar-refractivity contribution in [2.45, 2.75) is 19.9 Å². The third kappa shape index (κ3) is 4.20. The molecule has 25 heavy (non-hydrogen) atoms. The van der Waals surface area contributed by atoms with Gasteiger partial charge in [0.05, 0.1) is 6.42 Å². The van der Waals surface area contributed by atoms with Gasteiger partial charge in [0.1, 0.15) is 13.2 Å². The van der Waals surface area contributed by atoms with E-state index in [1.54, 1.807) is 23.1 Å². The summed E-state index contributed by atoms with van der Waals surface area (Å²) in [4.78, 5) is 14.5. The number of carbonyl (C=O) groups excluding carboxylic acids is 1. The number of fused-ring (bicyclic) bond motifs is 1. The maximum atomic E-state index is 12.7. The number of hydrogen-bond donors (Lipinski definition) is 0. The van der Waals surface area contributed by atoms with E-state index in [0.29, 0.717) is 36.3 Å². The summed E-state index contributed by atoms with van der Waals surface area (Å²) < 4.78 is 11.3. The summed E-state index contributed by atoms with van der Waals surface area (Å²) in [6.45, 7) is 4.07. The number of para-hydroxylation sites is 1. The van der Waals surface area contributed by atoms with Gasteiger partial charge in [-0.3, -0.25) is 4.79 Å². The third-order valence-electron chi connectivity index (χ3n) is 4.10. The summed E-state index contributed by atoms with van der Waals surface area (Å²) in [7, 11) is 0. The molecule has 0 bridgehead atoms. The maximum absolute atomic E-state index is 12.7. The van der Waals surface area contributed by atoms with Crippen molar-refractivity contribution < 1.29 is 14.3 Å². The summed E-state index contributed by atoms with van der Waals surface area (Å²) in [5.74, 6) is 1.46. The van der Waals surface area contributed by atoms with Crippen molar-refractivity contribution in [3.8, 4) is 11.5 Å². The van der Waals surface area contributed by atoms with Crippen molar-refractivity contribution in [3.63, 3.8) is 0 Å². The second-order valence-electron chi connectivity index (χ2n) is 5.76. The highest BCUT2D eigenvalue weighted by Crippen LogP contribution is 2.34. The Morgan fingerprint density at radius 2 is 1.92 bits per heavy atom. The van der Waals surface area contributed by atoms with Crippen molar-refractivity contribution in [2.24, 2.45) is 0 Å². The van der Waals surface area contributed by atoms with Crippen LogP contribution in [0.4, 0.5) is 0 Å². The summed E-state index contributed by atoms with van der Waals surface area (Å²) in [5.41, 5.74) is 1.71. The van der Waals surface area contributed by atoms with E-state index in [4.69, 9.17) is 32.7 Å². The van der Waals surface area contributed by atoms with E-state index in [0.717, 1.165) is 22.6 Å². The first-order chi connectivity index (χ1) is 12.1. The van der Waals surface area contributed by atoms with Crippen LogP contribution in [-0.4, -0.2) is 30.6 Å². The quantitative estimate of drug-likeness (QED) is 0.774. The second kappa shape index (κ2) is 7.98. The van der Waals surface area contributed by atoms with E-state index in [1.807, 2.05) is 25.1 Å². The molecule has 0 radical (unpaired) electrons. The molecule has 0 atom stereocenters. The fourth-order valence-electron chi connectivity index (χ4n) is 2.78. The Kier molecular flexibility index (Phi) is 5.71. The molecule has 2 aromatic rings. The first-order valence-electron chi connectivity index (χ1n) is 8.17. The molecule has 1 amide bonds. The predicted octanol–water partition coefficient (Wildman–Crippen LogP) is 4.36. The van der Waals surface area contributed by atoms with E-state index >= 15 is 0 Å². The van der Waals surface area contributed by atoms with Gasteiger partial charge in [-0.25, -0.2) is 0 Å². The molecule has 4 nitrogen and oxygen atoms in total. The zero-order valence-electron chi connectivity index (χ0n) is 13.9. The van der Waals surface area contributed by atoms with E-state index in [2.05, 4.69) is 0 Å². The van der Waals surface area contributed by atoms with Gasteiger partial charge < -0.3 is 14.4 Å². The number of ether oxygens (including phenoxy) is 2. The standard InChI is InChI=1S/C19H19Cl2NO3/c1-2-22(18(23)10-13-6-7-15(20)11-16(13)21)12-14-4-3-5-17-19(14)25-9-8-24-17/h3-7,11H,2,8-10,12H2,1H3. The normalized spacial score (nSPS) is 12.8. The fraction of sp³-hybridized carbons (Fsp3) is 0.316. The molecule has 1 aliphatic rings. The first-order valence-corrected chi connectivity index (χ1v) is 8.93. The van der Waals surface area contributed by atoms with Crippen LogP contribution in [0, 0.1) is 0 Å². The lowest BCUT2D eigenvalue weighted by molar-refractivity contribution is -0.130. The lowest BCUT2D eigenvalue weighted by atomic mass is 10.1. The first kappa shape index (κ1) is 17.9. The van der Waals surface area contributed by atoms with Gasteiger partial charge in [-0.15, -0.1) is 0 Å². The highest BCUT2D eigenvalue weighted by Gasteiger charge is 2.20. The van der Waals surface area contributed by atoms with Gasteiger partial charge in [-0.2, -0.15) is 0 Å². The average molecular weight is 380 g/mol. The lowest BCUT2D eigenvalue weighted by Gasteiger charge is -2.25. The summed E-state index contributed by atoms with van der Waals surface area (Å²) >= 11 is 12.1. The molecule has 1 aliphatic heterocycles. The Bertz CT molecular complexity index is 779. The van der Waals surface area contributed by atoms with Crippen LogP contribution in [0.25, 0.3) is 0 Å². The number of nitrogens with zero attached hydrogens (tertiary/aromatic N) is 1. The SMILES string of the molecule is CCN(Cc1cccc2c1OCCO2)C(=O)Cc1ccc(Cl)cc1Cl. The highest BCUT2D eigenvalue weighted by atomic mass is 35.5. The molecular formula is C19H19Cl2NO3. The molecule has 0 saturated carbocycles. The molecule has 0 aliphatic carbocycles. The van der Waals surface area contributed by atoms with Crippen LogP contribution in [-0.2, 0) is 17.8 Å². The van der Waals surface area contributed by atoms with Crippen LogP contribution in [0.5, 0.6) is 11.5 Å². The third-order valence-corrected chi connectivity index (χ3v) is 4.69. The van der Waals surface area contributed by atoms with Gasteiger partial charge in [-0.05, 0) is 30.7 Å². The lowest BCUT2D eigenvalue weighted by Crippen LogP contribution is -2.32. The van der Waals surface area contributed by atoms with Gasteiger partial charge in [0.2, 0.25) is 5.91 Å². The minimum Gasteiger partial charge on any atom is -0.486 e. The molecular weight excluding hydrogens is 361 g/mol. The molecule has 0 aromatic heterocycles. The zero-order chi connectivity index (χ0) is 17.8. The Morgan fingerprint density at radius 3 is 2.68 bits per heavy atom. The predicted molar refractivity (Wildman–Crippen MR) is 98.7 cm³/mol. The fourth-order valence-corrected chi connectivity index (χ4v) is 3.26. The number of likely N-dealkylation sites (N-methyl/N-ethyl adjacent to an activating group) is 1. The van der Waals surface area contributed by atoms with Crippen LogP contribution in [0.3, 0.4) is 0 Å². The Hall–Kier alpha value is -1.91. The van der Waals surface area contributed by atoms with Gasteiger partial charge in [-0.1, -0.05) is 41.4 Å². The van der Waals surface area contributed by atoms with E-state index in [-0.39, 0.29) is 12.3 Å². The molecule has 0 saturated heterocycles. The molecule has 3 rings (SSSR count). The number of amides is 1. The zero-order valence-corrected chi connectivity index (χ0v) is 15.4. The number of halogens is 2. The minimum atomic E-state index is 0.000975. The van der Waals surface area contributed by atoms with Crippen LogP contribution >= 0.6 is 23.2 Å². The molecule has 6 heteroatoms. The van der Waals surface area contributed by atoms with Crippen LogP contribution in [0.1, 0.15) is 18.1 Å². The summed E-state index contributed by atoms with van der Waals surface area (Å²) in [5, 5.41) is 1.06. The largest absolute Gasteiger partial charge is 0.486 e. The summed E-state index contributed by atoms with van der Waals surface area (Å²) in [6.07, 6.45) is 0.232. The molecule has 0 unspecified atom stereocenters.